The van der Waals surface area contributed by atoms with Gasteiger partial charge in [0.05, 0.1) is 0 Å². The lowest BCUT2D eigenvalue weighted by Gasteiger charge is -2.19. The number of benzene rings is 1. The number of para-hydroxylation sites is 1. The number of nitrogens with one attached hydrogen (secondary N) is 2. The molecule has 0 saturated carbocycles. The van der Waals surface area contributed by atoms with Gasteiger partial charge in [-0.3, -0.25) is 5.32 Å². The Labute approximate surface area is 94.3 Å². The molecule has 0 aromatic heterocycles. The van der Waals surface area contributed by atoms with Gasteiger partial charge in [0.25, 0.3) is 0 Å². The van der Waals surface area contributed by atoms with Crippen LogP contribution in [0.5, 0.6) is 0 Å². The molecule has 15 heavy (non-hydrogen) atoms. The lowest BCUT2D eigenvalue weighted by Crippen LogP contribution is -2.44. The fourth-order valence-corrected chi connectivity index (χ4v) is 1.21. The van der Waals surface area contributed by atoms with Crippen molar-refractivity contribution in [3.8, 4) is 0 Å². The van der Waals surface area contributed by atoms with Crippen LogP contribution in [-0.2, 0) is 0 Å². The normalized spacial score (nSPS) is 9.20. The van der Waals surface area contributed by atoms with E-state index in [0.29, 0.717) is 5.11 Å². The van der Waals surface area contributed by atoms with Crippen molar-refractivity contribution < 1.29 is 4.79 Å². The van der Waals surface area contributed by atoms with Gasteiger partial charge in [-0.1, -0.05) is 18.2 Å². The lowest BCUT2D eigenvalue weighted by molar-refractivity contribution is 0.247. The Hall–Kier alpha value is -1.62. The number of rotatable bonds is 1. The van der Waals surface area contributed by atoms with Crippen molar-refractivity contribution in [1.29, 1.82) is 0 Å². The molecule has 0 atom stereocenters. The van der Waals surface area contributed by atoms with E-state index in [0.717, 1.165) is 5.69 Å². The van der Waals surface area contributed by atoms with Crippen LogP contribution in [0.3, 0.4) is 0 Å². The Morgan fingerprint density at radius 3 is 2.47 bits per heavy atom. The van der Waals surface area contributed by atoms with E-state index < -0.39 is 0 Å². The maximum absolute atomic E-state index is 11.0. The van der Waals surface area contributed by atoms with Crippen LogP contribution in [0.1, 0.15) is 0 Å². The van der Waals surface area contributed by atoms with Gasteiger partial charge in [-0.15, -0.1) is 0 Å². The van der Waals surface area contributed by atoms with E-state index in [2.05, 4.69) is 10.6 Å². The maximum atomic E-state index is 11.0. The molecule has 0 spiro atoms. The minimum Gasteiger partial charge on any atom is -0.341 e. The van der Waals surface area contributed by atoms with Crippen LogP contribution >= 0.6 is 12.2 Å². The second kappa shape index (κ2) is 5.31. The van der Waals surface area contributed by atoms with Crippen LogP contribution in [-0.4, -0.2) is 25.2 Å². The molecule has 2 amide bonds. The molecule has 0 fully saturated rings. The Kier molecular flexibility index (Phi) is 4.05. The minimum absolute atomic E-state index is 0.317. The van der Waals surface area contributed by atoms with E-state index in [1.165, 1.54) is 0 Å². The van der Waals surface area contributed by atoms with Gasteiger partial charge < -0.3 is 10.2 Å². The molecule has 0 heterocycles. The smallest absolute Gasteiger partial charge is 0.320 e. The molecule has 1 aromatic carbocycles. The Balaban J connectivity index is 2.65. The lowest BCUT2D eigenvalue weighted by atomic mass is 10.3. The topological polar surface area (TPSA) is 44.4 Å². The van der Waals surface area contributed by atoms with Gasteiger partial charge in [0, 0.05) is 19.8 Å². The first-order valence-corrected chi connectivity index (χ1v) is 4.87. The second-order valence-corrected chi connectivity index (χ2v) is 3.29. The molecular weight excluding hydrogens is 210 g/mol. The molecule has 0 saturated heterocycles. The van der Waals surface area contributed by atoms with Crippen molar-refractivity contribution in [1.82, 2.24) is 10.6 Å². The second-order valence-electron chi connectivity index (χ2n) is 2.90. The van der Waals surface area contributed by atoms with Crippen molar-refractivity contribution >= 4 is 29.0 Å². The molecule has 4 nitrogen and oxygen atoms in total. The number of anilines is 1. The third-order valence-corrected chi connectivity index (χ3v) is 2.27. The molecule has 0 aliphatic rings. The predicted octanol–water partition coefficient (Wildman–Crippen LogP) is 1.34. The van der Waals surface area contributed by atoms with Gasteiger partial charge in [-0.25, -0.2) is 4.79 Å². The Morgan fingerprint density at radius 1 is 1.33 bits per heavy atom. The summed E-state index contributed by atoms with van der Waals surface area (Å²) < 4.78 is 0. The van der Waals surface area contributed by atoms with Crippen LogP contribution in [0.25, 0.3) is 0 Å². The summed E-state index contributed by atoms with van der Waals surface area (Å²) in [6.45, 7) is 0. The first kappa shape index (κ1) is 11.5. The molecule has 0 bridgehead atoms. The van der Waals surface area contributed by atoms with Crippen LogP contribution in [0.15, 0.2) is 30.3 Å². The monoisotopic (exact) mass is 223 g/mol. The van der Waals surface area contributed by atoms with E-state index in [-0.39, 0.29) is 6.03 Å². The number of nitrogens with zero attached hydrogens (tertiary/aromatic N) is 1. The van der Waals surface area contributed by atoms with E-state index in [1.807, 2.05) is 30.3 Å². The van der Waals surface area contributed by atoms with Gasteiger partial charge in [-0.05, 0) is 24.4 Å². The van der Waals surface area contributed by atoms with Crippen molar-refractivity contribution in [2.45, 2.75) is 0 Å². The van der Waals surface area contributed by atoms with Crippen molar-refractivity contribution in [3.05, 3.63) is 30.3 Å². The number of carbonyl (C=O) groups is 1. The van der Waals surface area contributed by atoms with Gasteiger partial charge in [0.15, 0.2) is 5.11 Å². The largest absolute Gasteiger partial charge is 0.341 e. The first-order valence-electron chi connectivity index (χ1n) is 4.46. The molecule has 0 radical (unpaired) electrons. The van der Waals surface area contributed by atoms with E-state index in [4.69, 9.17) is 12.2 Å². The highest BCUT2D eigenvalue weighted by Gasteiger charge is 2.08. The summed E-state index contributed by atoms with van der Waals surface area (Å²) in [6.07, 6.45) is 0. The molecule has 80 valence electrons. The predicted molar refractivity (Wildman–Crippen MR) is 65.0 cm³/mol. The minimum atomic E-state index is -0.317. The Morgan fingerprint density at radius 2 is 1.93 bits per heavy atom. The maximum Gasteiger partial charge on any atom is 0.320 e. The number of hydrogen-bond donors (Lipinski definition) is 2. The zero-order valence-corrected chi connectivity index (χ0v) is 9.47. The summed E-state index contributed by atoms with van der Waals surface area (Å²) in [5.74, 6) is 0. The third kappa shape index (κ3) is 3.21. The Bertz CT molecular complexity index is 353. The van der Waals surface area contributed by atoms with E-state index in [1.54, 1.807) is 19.0 Å². The standard InChI is InChI=1S/C10H13N3OS/c1-11-9(14)12-10(15)13(2)8-6-4-3-5-7-8/h3-7H,1-2H3,(H2,11,12,14,15). The van der Waals surface area contributed by atoms with Crippen LogP contribution in [0.4, 0.5) is 10.5 Å². The quantitative estimate of drug-likeness (QED) is 0.706. The summed E-state index contributed by atoms with van der Waals surface area (Å²) in [5.41, 5.74) is 0.930. The number of thiocarbonyl (C=S) groups is 1. The van der Waals surface area contributed by atoms with Gasteiger partial charge in [-0.2, -0.15) is 0 Å². The molecule has 1 aromatic rings. The highest BCUT2D eigenvalue weighted by atomic mass is 32.1. The highest BCUT2D eigenvalue weighted by molar-refractivity contribution is 7.80. The summed E-state index contributed by atoms with van der Waals surface area (Å²) in [7, 11) is 3.34. The summed E-state index contributed by atoms with van der Waals surface area (Å²) in [4.78, 5) is 12.7. The van der Waals surface area contributed by atoms with Crippen molar-refractivity contribution in [3.63, 3.8) is 0 Å². The number of amides is 2. The summed E-state index contributed by atoms with van der Waals surface area (Å²) >= 11 is 5.06. The zero-order valence-electron chi connectivity index (χ0n) is 8.65. The fraction of sp³-hybridized carbons (Fsp3) is 0.200. The molecule has 0 aliphatic heterocycles. The van der Waals surface area contributed by atoms with Crippen LogP contribution in [0, 0.1) is 0 Å². The van der Waals surface area contributed by atoms with Gasteiger partial charge in [0.1, 0.15) is 0 Å². The average Bonchev–Trinajstić information content (AvgIpc) is 2.29. The molecule has 1 rings (SSSR count). The molecule has 0 unspecified atom stereocenters. The molecule has 5 heteroatoms. The average molecular weight is 223 g/mol. The molecule has 0 aliphatic carbocycles. The number of hydrogen-bond acceptors (Lipinski definition) is 2. The van der Waals surface area contributed by atoms with Crippen molar-refractivity contribution in [2.24, 2.45) is 0 Å². The molecule has 2 N–H and O–H groups in total. The SMILES string of the molecule is CNC(=O)NC(=S)N(C)c1ccccc1. The highest BCUT2D eigenvalue weighted by Crippen LogP contribution is 2.10. The van der Waals surface area contributed by atoms with Crippen LogP contribution in [0.2, 0.25) is 0 Å². The van der Waals surface area contributed by atoms with E-state index in [9.17, 15) is 4.79 Å². The zero-order chi connectivity index (χ0) is 11.3. The number of urea groups is 1. The fourth-order valence-electron chi connectivity index (χ4n) is 1.01. The number of carbonyl (C=O) groups excluding carboxylic acids is 1. The van der Waals surface area contributed by atoms with E-state index >= 15 is 0 Å². The summed E-state index contributed by atoms with van der Waals surface area (Å²) in [5, 5.41) is 5.33. The third-order valence-electron chi connectivity index (χ3n) is 1.90. The van der Waals surface area contributed by atoms with Gasteiger partial charge >= 0.3 is 6.03 Å². The molecular formula is C10H13N3OS. The summed E-state index contributed by atoms with van der Waals surface area (Å²) in [6, 6.07) is 9.26. The van der Waals surface area contributed by atoms with Crippen molar-refractivity contribution in [2.75, 3.05) is 19.0 Å². The van der Waals surface area contributed by atoms with Gasteiger partial charge in [0.2, 0.25) is 0 Å². The first-order chi connectivity index (χ1) is 7.15. The van der Waals surface area contributed by atoms with Crippen LogP contribution < -0.4 is 15.5 Å².